The van der Waals surface area contributed by atoms with E-state index in [1.807, 2.05) is 45.8 Å². The van der Waals surface area contributed by atoms with E-state index in [4.69, 9.17) is 29.4 Å². The standard InChI is InChI=1S/C23H24FNO2.CH2O2.CH4O.CH2O/c1-16-7-6-8-22(18(3)14-26-5)23(16)15-27-25-19(4)9-10-20-11-12-21(24)13-17(20)2;2-1-3;2*1-2/h6-8,11-14H,15H2,1-5H3;1H,(H,2,3);2H,1H3;1H2/b18-14-,25-19+;;;. The predicted octanol–water partition coefficient (Wildman–Crippen LogP) is 4.52. The van der Waals surface area contributed by atoms with Crippen molar-refractivity contribution in [1.82, 2.24) is 0 Å². The molecule has 2 N–H and O–H groups in total. The summed E-state index contributed by atoms with van der Waals surface area (Å²) in [4.78, 5) is 21.9. The van der Waals surface area contributed by atoms with Crippen LogP contribution in [-0.2, 0) is 25.8 Å². The van der Waals surface area contributed by atoms with Crippen molar-refractivity contribution in [3.63, 3.8) is 0 Å². The maximum absolute atomic E-state index is 13.1. The predicted molar refractivity (Wildman–Crippen MR) is 132 cm³/mol. The topological polar surface area (TPSA) is 105 Å². The Kier molecular flexibility index (Phi) is 18.7. The van der Waals surface area contributed by atoms with Crippen LogP contribution in [0.15, 0.2) is 47.8 Å². The average Bonchev–Trinajstić information content (AvgIpc) is 2.83. The first-order chi connectivity index (χ1) is 16.3. The Bertz CT molecular complexity index is 1010. The highest BCUT2D eigenvalue weighted by Crippen LogP contribution is 2.23. The van der Waals surface area contributed by atoms with Gasteiger partial charge in [-0.25, -0.2) is 4.39 Å². The summed E-state index contributed by atoms with van der Waals surface area (Å²) in [7, 11) is 2.63. The van der Waals surface area contributed by atoms with Gasteiger partial charge in [0.1, 0.15) is 24.9 Å². The molecule has 2 rings (SSSR count). The van der Waals surface area contributed by atoms with Crippen molar-refractivity contribution in [2.75, 3.05) is 14.2 Å². The van der Waals surface area contributed by atoms with E-state index in [2.05, 4.69) is 17.0 Å². The van der Waals surface area contributed by atoms with Crippen LogP contribution in [0.2, 0.25) is 0 Å². The summed E-state index contributed by atoms with van der Waals surface area (Å²) < 4.78 is 18.3. The second-order valence-electron chi connectivity index (χ2n) is 6.40. The van der Waals surface area contributed by atoms with Gasteiger partial charge in [-0.05, 0) is 74.1 Å². The molecule has 2 aromatic rings. The van der Waals surface area contributed by atoms with E-state index in [1.165, 1.54) is 12.1 Å². The number of aryl methyl sites for hydroxylation is 2. The number of aliphatic hydroxyl groups excluding tert-OH is 1. The van der Waals surface area contributed by atoms with Crippen LogP contribution < -0.4 is 0 Å². The molecule has 0 aliphatic rings. The highest BCUT2D eigenvalue weighted by molar-refractivity contribution is 5.98. The lowest BCUT2D eigenvalue weighted by Gasteiger charge is -2.12. The summed E-state index contributed by atoms with van der Waals surface area (Å²) in [5, 5.41) is 18.0. The lowest BCUT2D eigenvalue weighted by molar-refractivity contribution is -0.122. The number of hydrogen-bond donors (Lipinski definition) is 2. The fraction of sp³-hybridized carbons (Fsp3) is 0.269. The first-order valence-corrected chi connectivity index (χ1v) is 9.88. The van der Waals surface area contributed by atoms with E-state index in [1.54, 1.807) is 26.4 Å². The number of carbonyl (C=O) groups is 2. The van der Waals surface area contributed by atoms with Gasteiger partial charge in [-0.1, -0.05) is 29.3 Å². The Morgan fingerprint density at radius 2 is 1.76 bits per heavy atom. The molecular weight excluding hydrogens is 441 g/mol. The van der Waals surface area contributed by atoms with Crippen molar-refractivity contribution < 1.29 is 33.8 Å². The number of halogens is 1. The number of nitrogens with zero attached hydrogens (tertiary/aromatic N) is 1. The summed E-state index contributed by atoms with van der Waals surface area (Å²) in [6.07, 6.45) is 1.71. The number of benzene rings is 2. The summed E-state index contributed by atoms with van der Waals surface area (Å²) >= 11 is 0. The van der Waals surface area contributed by atoms with Crippen molar-refractivity contribution in [2.45, 2.75) is 34.3 Å². The molecule has 7 nitrogen and oxygen atoms in total. The number of oxime groups is 1. The van der Waals surface area contributed by atoms with Crippen LogP contribution in [0.1, 0.15) is 41.7 Å². The lowest BCUT2D eigenvalue weighted by atomic mass is 9.98. The molecule has 0 aliphatic heterocycles. The third-order valence-corrected chi connectivity index (χ3v) is 4.11. The molecule has 0 bridgehead atoms. The zero-order chi connectivity index (χ0) is 26.5. The minimum atomic E-state index is -0.265. The summed E-state index contributed by atoms with van der Waals surface area (Å²) in [6, 6.07) is 10.6. The summed E-state index contributed by atoms with van der Waals surface area (Å²) in [5.41, 5.74) is 6.39. The smallest absolute Gasteiger partial charge is 0.290 e. The SMILES string of the molecule is C=O.CO.CO/C=C(/C)c1cccc(C)c1CO/N=C(\C)C#Cc1ccc(F)cc1C.O=CO. The van der Waals surface area contributed by atoms with Crippen LogP contribution in [0, 0.1) is 31.5 Å². The van der Waals surface area contributed by atoms with E-state index in [-0.39, 0.29) is 12.3 Å². The van der Waals surface area contributed by atoms with Crippen molar-refractivity contribution >= 4 is 24.5 Å². The molecule has 34 heavy (non-hydrogen) atoms. The number of carboxylic acid groups (broad SMARTS) is 1. The number of hydrogen-bond acceptors (Lipinski definition) is 6. The normalized spacial score (nSPS) is 9.88. The fourth-order valence-corrected chi connectivity index (χ4v) is 2.65. The zero-order valence-electron chi connectivity index (χ0n) is 20.4. The molecule has 0 amide bonds. The van der Waals surface area contributed by atoms with Crippen LogP contribution in [0.25, 0.3) is 5.57 Å². The average molecular weight is 474 g/mol. The third-order valence-electron chi connectivity index (χ3n) is 4.11. The molecule has 0 atom stereocenters. The molecule has 8 heteroatoms. The molecule has 0 radical (unpaired) electrons. The van der Waals surface area contributed by atoms with Gasteiger partial charge in [0.2, 0.25) is 0 Å². The minimum absolute atomic E-state index is 0.250. The Labute approximate surface area is 200 Å². The van der Waals surface area contributed by atoms with E-state index >= 15 is 0 Å². The van der Waals surface area contributed by atoms with Gasteiger partial charge in [-0.2, -0.15) is 0 Å². The Morgan fingerprint density at radius 3 is 2.32 bits per heavy atom. The maximum atomic E-state index is 13.1. The lowest BCUT2D eigenvalue weighted by Crippen LogP contribution is -1.99. The zero-order valence-corrected chi connectivity index (χ0v) is 20.4. The number of aliphatic hydroxyl groups is 1. The van der Waals surface area contributed by atoms with Crippen LogP contribution >= 0.6 is 0 Å². The largest absolute Gasteiger partial charge is 0.504 e. The number of rotatable bonds is 5. The molecule has 0 aromatic heterocycles. The van der Waals surface area contributed by atoms with Crippen LogP contribution in [-0.4, -0.2) is 43.4 Å². The molecule has 2 aromatic carbocycles. The molecule has 0 saturated heterocycles. The van der Waals surface area contributed by atoms with Gasteiger partial charge in [-0.15, -0.1) is 0 Å². The molecule has 0 fully saturated rings. The monoisotopic (exact) mass is 473 g/mol. The number of ether oxygens (including phenoxy) is 1. The quantitative estimate of drug-likeness (QED) is 0.218. The minimum Gasteiger partial charge on any atom is -0.504 e. The first-order valence-electron chi connectivity index (χ1n) is 9.88. The van der Waals surface area contributed by atoms with E-state index in [0.29, 0.717) is 12.3 Å². The van der Waals surface area contributed by atoms with Crippen molar-refractivity contribution in [1.29, 1.82) is 0 Å². The van der Waals surface area contributed by atoms with E-state index in [0.717, 1.165) is 40.5 Å². The molecule has 0 spiro atoms. The Balaban J connectivity index is 0. The van der Waals surface area contributed by atoms with E-state index < -0.39 is 0 Å². The van der Waals surface area contributed by atoms with Gasteiger partial charge < -0.3 is 24.6 Å². The summed E-state index contributed by atoms with van der Waals surface area (Å²) in [6.45, 7) is 9.72. The Morgan fingerprint density at radius 1 is 1.15 bits per heavy atom. The number of methoxy groups -OCH3 is 1. The number of allylic oxidation sites excluding steroid dienone is 1. The second kappa shape index (κ2) is 19.7. The van der Waals surface area contributed by atoms with Crippen molar-refractivity contribution in [3.8, 4) is 11.8 Å². The fourth-order valence-electron chi connectivity index (χ4n) is 2.65. The van der Waals surface area contributed by atoms with E-state index in [9.17, 15) is 4.39 Å². The van der Waals surface area contributed by atoms with Gasteiger partial charge in [0.15, 0.2) is 0 Å². The second-order valence-corrected chi connectivity index (χ2v) is 6.40. The van der Waals surface area contributed by atoms with Gasteiger partial charge in [0.05, 0.1) is 13.4 Å². The van der Waals surface area contributed by atoms with Crippen LogP contribution in [0.4, 0.5) is 4.39 Å². The third kappa shape index (κ3) is 12.2. The molecule has 0 heterocycles. The van der Waals surface area contributed by atoms with Gasteiger partial charge >= 0.3 is 0 Å². The molecule has 0 saturated carbocycles. The highest BCUT2D eigenvalue weighted by atomic mass is 19.1. The van der Waals surface area contributed by atoms with Gasteiger partial charge in [0, 0.05) is 18.2 Å². The van der Waals surface area contributed by atoms with Gasteiger partial charge in [-0.3, -0.25) is 4.79 Å². The maximum Gasteiger partial charge on any atom is 0.290 e. The molecular formula is C26H32FNO6. The van der Waals surface area contributed by atoms with Gasteiger partial charge in [0.25, 0.3) is 6.47 Å². The van der Waals surface area contributed by atoms with Crippen molar-refractivity contribution in [3.05, 3.63) is 76.3 Å². The van der Waals surface area contributed by atoms with Crippen LogP contribution in [0.3, 0.4) is 0 Å². The molecule has 184 valence electrons. The van der Waals surface area contributed by atoms with Crippen LogP contribution in [0.5, 0.6) is 0 Å². The van der Waals surface area contributed by atoms with Crippen molar-refractivity contribution in [2.24, 2.45) is 5.16 Å². The molecule has 0 aliphatic carbocycles. The highest BCUT2D eigenvalue weighted by Gasteiger charge is 2.08. The first kappa shape index (κ1) is 32.2. The molecule has 0 unspecified atom stereocenters. The Hall–Kier alpha value is -3.96. The summed E-state index contributed by atoms with van der Waals surface area (Å²) in [5.74, 6) is 5.67. The number of carbonyl (C=O) groups excluding carboxylic acids is 1.